The van der Waals surface area contributed by atoms with Crippen LogP contribution in [0.3, 0.4) is 0 Å². The summed E-state index contributed by atoms with van der Waals surface area (Å²) >= 11 is 0. The molecule has 1 saturated heterocycles. The van der Waals surface area contributed by atoms with Crippen LogP contribution < -0.4 is 9.64 Å². The van der Waals surface area contributed by atoms with Gasteiger partial charge < -0.3 is 9.47 Å². The lowest BCUT2D eigenvalue weighted by Crippen LogP contribution is -2.40. The molecule has 1 aliphatic heterocycles. The van der Waals surface area contributed by atoms with Crippen molar-refractivity contribution in [2.45, 2.75) is 6.42 Å². The smallest absolute Gasteiger partial charge is 0.338 e. The summed E-state index contributed by atoms with van der Waals surface area (Å²) < 4.78 is 10.2. The summed E-state index contributed by atoms with van der Waals surface area (Å²) in [6.07, 6.45) is 5.40. The normalized spacial score (nSPS) is 30.1. The van der Waals surface area contributed by atoms with Crippen LogP contribution in [-0.4, -0.2) is 37.3 Å². The van der Waals surface area contributed by atoms with E-state index in [9.17, 15) is 19.2 Å². The van der Waals surface area contributed by atoms with Gasteiger partial charge >= 0.3 is 5.97 Å². The highest BCUT2D eigenvalue weighted by Gasteiger charge is 2.67. The van der Waals surface area contributed by atoms with E-state index >= 15 is 0 Å². The Kier molecular flexibility index (Phi) is 4.69. The molecule has 2 aromatic rings. The molecule has 3 fully saturated rings. The third-order valence-corrected chi connectivity index (χ3v) is 7.77. The van der Waals surface area contributed by atoms with Gasteiger partial charge in [-0.25, -0.2) is 4.79 Å². The number of benzene rings is 2. The Morgan fingerprint density at radius 1 is 0.853 bits per heavy atom. The third kappa shape index (κ3) is 3.10. The number of hydrogen-bond acceptors (Lipinski definition) is 6. The number of carbonyl (C=O) groups excluding carboxylic acids is 4. The fourth-order valence-electron chi connectivity index (χ4n) is 6.03. The lowest BCUT2D eigenvalue weighted by atomic mass is 9.63. The van der Waals surface area contributed by atoms with Gasteiger partial charge in [-0.1, -0.05) is 12.2 Å². The van der Waals surface area contributed by atoms with Crippen LogP contribution >= 0.6 is 0 Å². The highest BCUT2D eigenvalue weighted by Crippen LogP contribution is 2.65. The Morgan fingerprint density at radius 3 is 1.97 bits per heavy atom. The maximum Gasteiger partial charge on any atom is 0.338 e. The lowest BCUT2D eigenvalue weighted by Gasteiger charge is -2.37. The highest BCUT2D eigenvalue weighted by molar-refractivity contribution is 6.22. The van der Waals surface area contributed by atoms with Gasteiger partial charge in [0.15, 0.2) is 12.4 Å². The first-order valence-corrected chi connectivity index (χ1v) is 11.5. The van der Waals surface area contributed by atoms with Crippen LogP contribution in [0.25, 0.3) is 0 Å². The van der Waals surface area contributed by atoms with E-state index < -0.39 is 12.6 Å². The quantitative estimate of drug-likeness (QED) is 0.286. The fourth-order valence-corrected chi connectivity index (χ4v) is 6.03. The molecule has 7 rings (SSSR count). The molecule has 2 aromatic carbocycles. The molecule has 0 radical (unpaired) electrons. The number of ether oxygens (including phenoxy) is 2. The number of Topliss-reactive ketones (excluding diaryl/α,β-unsaturated/α-hetero) is 1. The van der Waals surface area contributed by atoms with Gasteiger partial charge in [0.1, 0.15) is 5.75 Å². The molecule has 6 atom stereocenters. The van der Waals surface area contributed by atoms with Crippen LogP contribution in [0.15, 0.2) is 60.7 Å². The number of amides is 2. The van der Waals surface area contributed by atoms with Gasteiger partial charge in [-0.15, -0.1) is 0 Å². The second-order valence-corrected chi connectivity index (χ2v) is 9.44. The highest BCUT2D eigenvalue weighted by atomic mass is 16.5. The summed E-state index contributed by atoms with van der Waals surface area (Å²) in [6.45, 7) is -0.391. The average Bonchev–Trinajstić information content (AvgIpc) is 3.65. The van der Waals surface area contributed by atoms with Gasteiger partial charge in [0.2, 0.25) is 11.8 Å². The topological polar surface area (TPSA) is 90.0 Å². The number of carbonyl (C=O) groups is 4. The van der Waals surface area contributed by atoms with Crippen LogP contribution in [0.5, 0.6) is 5.75 Å². The van der Waals surface area contributed by atoms with E-state index in [1.165, 1.54) is 24.1 Å². The van der Waals surface area contributed by atoms with E-state index in [1.54, 1.807) is 36.4 Å². The summed E-state index contributed by atoms with van der Waals surface area (Å²) in [4.78, 5) is 52.4. The van der Waals surface area contributed by atoms with Gasteiger partial charge in [-0.2, -0.15) is 0 Å². The molecule has 2 saturated carbocycles. The van der Waals surface area contributed by atoms with Gasteiger partial charge in [-0.3, -0.25) is 19.3 Å². The molecule has 7 nitrogen and oxygen atoms in total. The number of allylic oxidation sites excluding steroid dienone is 2. The van der Waals surface area contributed by atoms with Crippen molar-refractivity contribution in [1.82, 2.24) is 0 Å². The Balaban J connectivity index is 1.12. The van der Waals surface area contributed by atoms with Crippen molar-refractivity contribution >= 4 is 29.3 Å². The van der Waals surface area contributed by atoms with Crippen molar-refractivity contribution < 1.29 is 28.7 Å². The largest absolute Gasteiger partial charge is 0.497 e. The minimum atomic E-state index is -0.650. The molecule has 2 bridgehead atoms. The van der Waals surface area contributed by atoms with Crippen LogP contribution in [0.1, 0.15) is 27.1 Å². The molecule has 5 aliphatic rings. The first-order valence-electron chi connectivity index (χ1n) is 11.5. The minimum absolute atomic E-state index is 0.139. The van der Waals surface area contributed by atoms with Crippen molar-refractivity contribution in [2.75, 3.05) is 18.6 Å². The maximum atomic E-state index is 13.2. The molecule has 172 valence electrons. The predicted octanol–water partition coefficient (Wildman–Crippen LogP) is 3.29. The van der Waals surface area contributed by atoms with E-state index in [1.807, 2.05) is 0 Å². The van der Waals surface area contributed by atoms with Crippen LogP contribution in [0, 0.1) is 35.5 Å². The zero-order chi connectivity index (χ0) is 23.6. The number of methoxy groups -OCH3 is 1. The molecular formula is C27H23NO6. The second-order valence-electron chi connectivity index (χ2n) is 9.44. The van der Waals surface area contributed by atoms with Gasteiger partial charge in [0.05, 0.1) is 30.2 Å². The van der Waals surface area contributed by atoms with Crippen molar-refractivity contribution in [2.24, 2.45) is 35.5 Å². The van der Waals surface area contributed by atoms with Crippen molar-refractivity contribution in [3.05, 3.63) is 71.8 Å². The van der Waals surface area contributed by atoms with Crippen molar-refractivity contribution in [3.8, 4) is 5.75 Å². The Bertz CT molecular complexity index is 1190. The molecule has 1 heterocycles. The number of imide groups is 1. The molecule has 0 aromatic heterocycles. The lowest BCUT2D eigenvalue weighted by molar-refractivity contribution is -0.124. The summed E-state index contributed by atoms with van der Waals surface area (Å²) in [5.74, 6) is 0.270. The average molecular weight is 457 g/mol. The predicted molar refractivity (Wildman–Crippen MR) is 121 cm³/mol. The second kappa shape index (κ2) is 7.65. The molecule has 0 N–H and O–H groups in total. The number of anilines is 1. The van der Waals surface area contributed by atoms with Gasteiger partial charge in [0, 0.05) is 5.56 Å². The zero-order valence-corrected chi connectivity index (χ0v) is 18.5. The molecule has 2 amide bonds. The molecule has 0 spiro atoms. The third-order valence-electron chi connectivity index (χ3n) is 7.77. The molecular weight excluding hydrogens is 434 g/mol. The Hall–Kier alpha value is -3.74. The SMILES string of the molecule is COc1ccc(C(=O)COC(=O)c2ccc(N3C(=O)[C@@H]4[C@@H]5C=C[C@H]([C@H]6C[C@H]56)[C@H]4C3=O)cc2)cc1. The van der Waals surface area contributed by atoms with E-state index in [-0.39, 0.29) is 46.8 Å². The van der Waals surface area contributed by atoms with E-state index in [0.717, 1.165) is 6.42 Å². The zero-order valence-electron chi connectivity index (χ0n) is 18.5. The molecule has 7 heteroatoms. The number of rotatable bonds is 6. The first-order chi connectivity index (χ1) is 16.5. The summed E-state index contributed by atoms with van der Waals surface area (Å²) in [5, 5.41) is 0. The molecule has 34 heavy (non-hydrogen) atoms. The first kappa shape index (κ1) is 20.8. The van der Waals surface area contributed by atoms with E-state index in [0.29, 0.717) is 28.8 Å². The van der Waals surface area contributed by atoms with Crippen molar-refractivity contribution in [3.63, 3.8) is 0 Å². The van der Waals surface area contributed by atoms with Gasteiger partial charge in [0.25, 0.3) is 0 Å². The van der Waals surface area contributed by atoms with E-state index in [4.69, 9.17) is 9.47 Å². The van der Waals surface area contributed by atoms with Crippen LogP contribution in [0.2, 0.25) is 0 Å². The monoisotopic (exact) mass is 457 g/mol. The Labute approximate surface area is 196 Å². The van der Waals surface area contributed by atoms with Crippen LogP contribution in [-0.2, 0) is 14.3 Å². The number of ketones is 1. The number of esters is 1. The summed E-state index contributed by atoms with van der Waals surface area (Å²) in [6, 6.07) is 12.7. The van der Waals surface area contributed by atoms with Crippen molar-refractivity contribution in [1.29, 1.82) is 0 Å². The number of nitrogens with zero attached hydrogens (tertiary/aromatic N) is 1. The van der Waals surface area contributed by atoms with E-state index in [2.05, 4.69) is 12.2 Å². The van der Waals surface area contributed by atoms with Gasteiger partial charge in [-0.05, 0) is 78.6 Å². The fraction of sp³-hybridized carbons (Fsp3) is 0.333. The number of hydrogen-bond donors (Lipinski definition) is 0. The maximum absolute atomic E-state index is 13.2. The molecule has 0 unspecified atom stereocenters. The standard InChI is InChI=1S/C27H23NO6/c1-33-17-8-4-14(5-9-17)22(29)13-34-27(32)15-2-6-16(7-3-15)28-25(30)23-18-10-11-19(21-12-20(18)21)24(23)26(28)31/h2-11,18-21,23-24H,12-13H2,1H3/t18-,19-,20-,21-,23-,24-/m1/s1. The summed E-state index contributed by atoms with van der Waals surface area (Å²) in [7, 11) is 1.54. The molecule has 4 aliphatic carbocycles. The van der Waals surface area contributed by atoms with Crippen LogP contribution in [0.4, 0.5) is 5.69 Å². The Morgan fingerprint density at radius 2 is 1.41 bits per heavy atom. The minimum Gasteiger partial charge on any atom is -0.497 e. The summed E-state index contributed by atoms with van der Waals surface area (Å²) in [5.41, 5.74) is 1.12.